The van der Waals surface area contributed by atoms with Gasteiger partial charge in [0.2, 0.25) is 5.13 Å². The Hall–Kier alpha value is -1.27. The van der Waals surface area contributed by atoms with E-state index in [-0.39, 0.29) is 5.91 Å². The Morgan fingerprint density at radius 1 is 1.50 bits per heavy atom. The molecule has 1 unspecified atom stereocenters. The van der Waals surface area contributed by atoms with E-state index in [1.807, 2.05) is 5.38 Å². The molecule has 0 radical (unpaired) electrons. The SMILES string of the molecule is CC1CCc2c(C(=O)Nc3nncs3)csc2C1. The molecule has 0 spiro atoms. The monoisotopic (exact) mass is 279 g/mol. The van der Waals surface area contributed by atoms with Crippen molar-refractivity contribution in [1.29, 1.82) is 0 Å². The van der Waals surface area contributed by atoms with Crippen LogP contribution < -0.4 is 5.32 Å². The van der Waals surface area contributed by atoms with Crippen LogP contribution in [0, 0.1) is 5.92 Å². The fourth-order valence-corrected chi connectivity index (χ4v) is 3.94. The Morgan fingerprint density at radius 3 is 3.17 bits per heavy atom. The van der Waals surface area contributed by atoms with E-state index in [9.17, 15) is 4.79 Å². The Bertz CT molecular complexity index is 562. The van der Waals surface area contributed by atoms with Crippen LogP contribution in [0.2, 0.25) is 0 Å². The number of anilines is 1. The molecule has 1 aliphatic carbocycles. The van der Waals surface area contributed by atoms with Gasteiger partial charge in [0.25, 0.3) is 5.91 Å². The number of hydrogen-bond acceptors (Lipinski definition) is 5. The van der Waals surface area contributed by atoms with Crippen molar-refractivity contribution in [1.82, 2.24) is 10.2 Å². The number of carbonyl (C=O) groups is 1. The number of carbonyl (C=O) groups excluding carboxylic acids is 1. The van der Waals surface area contributed by atoms with Gasteiger partial charge >= 0.3 is 0 Å². The summed E-state index contributed by atoms with van der Waals surface area (Å²) in [7, 11) is 0. The Labute approximate surface area is 113 Å². The average Bonchev–Trinajstić information content (AvgIpc) is 2.97. The molecule has 1 amide bonds. The lowest BCUT2D eigenvalue weighted by Crippen LogP contribution is -2.16. The van der Waals surface area contributed by atoms with Gasteiger partial charge in [0.1, 0.15) is 5.51 Å². The highest BCUT2D eigenvalue weighted by molar-refractivity contribution is 7.13. The first-order chi connectivity index (χ1) is 8.74. The molecule has 3 rings (SSSR count). The molecule has 1 atom stereocenters. The van der Waals surface area contributed by atoms with Crippen LogP contribution >= 0.6 is 22.7 Å². The first-order valence-electron chi connectivity index (χ1n) is 5.91. The second kappa shape index (κ2) is 4.78. The van der Waals surface area contributed by atoms with E-state index in [0.717, 1.165) is 24.3 Å². The second-order valence-electron chi connectivity index (χ2n) is 4.60. The van der Waals surface area contributed by atoms with Gasteiger partial charge in [0.05, 0.1) is 5.56 Å². The lowest BCUT2D eigenvalue weighted by atomic mass is 9.88. The topological polar surface area (TPSA) is 54.9 Å². The third-order valence-electron chi connectivity index (χ3n) is 3.23. The Morgan fingerprint density at radius 2 is 2.39 bits per heavy atom. The summed E-state index contributed by atoms with van der Waals surface area (Å²) in [6.07, 6.45) is 3.29. The molecule has 18 heavy (non-hydrogen) atoms. The molecule has 0 aromatic carbocycles. The fraction of sp³-hybridized carbons (Fsp3) is 0.417. The minimum atomic E-state index is -0.0567. The molecular formula is C12H13N3OS2. The Kier molecular flexibility index (Phi) is 3.13. The number of aromatic nitrogens is 2. The summed E-state index contributed by atoms with van der Waals surface area (Å²) in [5.41, 5.74) is 3.66. The van der Waals surface area contributed by atoms with E-state index in [1.54, 1.807) is 16.8 Å². The molecule has 6 heteroatoms. The lowest BCUT2D eigenvalue weighted by molar-refractivity contribution is 0.102. The van der Waals surface area contributed by atoms with E-state index in [0.29, 0.717) is 5.13 Å². The number of rotatable bonds is 2. The standard InChI is InChI=1S/C12H13N3OS2/c1-7-2-3-8-9(5-17-10(8)4-7)11(16)14-12-15-13-6-18-12/h5-7H,2-4H2,1H3,(H,14,15,16). The van der Waals surface area contributed by atoms with Crippen LogP contribution in [0.3, 0.4) is 0 Å². The van der Waals surface area contributed by atoms with Gasteiger partial charge in [-0.25, -0.2) is 0 Å². The van der Waals surface area contributed by atoms with Gasteiger partial charge < -0.3 is 0 Å². The molecule has 1 N–H and O–H groups in total. The smallest absolute Gasteiger partial charge is 0.258 e. The quantitative estimate of drug-likeness (QED) is 0.919. The summed E-state index contributed by atoms with van der Waals surface area (Å²) < 4.78 is 0. The van der Waals surface area contributed by atoms with E-state index in [2.05, 4.69) is 22.4 Å². The third kappa shape index (κ3) is 2.18. The van der Waals surface area contributed by atoms with Crippen molar-refractivity contribution < 1.29 is 4.79 Å². The molecule has 0 aliphatic heterocycles. The highest BCUT2D eigenvalue weighted by atomic mass is 32.1. The number of nitrogens with zero attached hydrogens (tertiary/aromatic N) is 2. The van der Waals surface area contributed by atoms with E-state index in [1.165, 1.54) is 28.2 Å². The van der Waals surface area contributed by atoms with E-state index < -0.39 is 0 Å². The number of hydrogen-bond donors (Lipinski definition) is 1. The van der Waals surface area contributed by atoms with Crippen LogP contribution in [-0.4, -0.2) is 16.1 Å². The van der Waals surface area contributed by atoms with Crippen molar-refractivity contribution in [2.24, 2.45) is 5.92 Å². The van der Waals surface area contributed by atoms with Crippen LogP contribution in [0.1, 0.15) is 34.1 Å². The van der Waals surface area contributed by atoms with E-state index >= 15 is 0 Å². The van der Waals surface area contributed by atoms with Crippen LogP contribution in [0.25, 0.3) is 0 Å². The highest BCUT2D eigenvalue weighted by Crippen LogP contribution is 2.33. The summed E-state index contributed by atoms with van der Waals surface area (Å²) in [4.78, 5) is 13.5. The summed E-state index contributed by atoms with van der Waals surface area (Å²) in [6.45, 7) is 2.27. The first-order valence-corrected chi connectivity index (χ1v) is 7.66. The molecule has 4 nitrogen and oxygen atoms in total. The van der Waals surface area contributed by atoms with Crippen molar-refractivity contribution >= 4 is 33.7 Å². The zero-order valence-electron chi connectivity index (χ0n) is 9.97. The van der Waals surface area contributed by atoms with Crippen molar-refractivity contribution in [2.75, 3.05) is 5.32 Å². The van der Waals surface area contributed by atoms with Gasteiger partial charge in [-0.3, -0.25) is 10.1 Å². The minimum Gasteiger partial charge on any atom is -0.296 e. The first kappa shape index (κ1) is 11.8. The zero-order chi connectivity index (χ0) is 12.5. The minimum absolute atomic E-state index is 0.0567. The normalized spacial score (nSPS) is 18.4. The number of thiophene rings is 1. The predicted octanol–water partition coefficient (Wildman–Crippen LogP) is 2.98. The molecule has 1 aliphatic rings. The maximum Gasteiger partial charge on any atom is 0.258 e. The van der Waals surface area contributed by atoms with Crippen LogP contribution in [0.15, 0.2) is 10.9 Å². The Balaban J connectivity index is 1.82. The van der Waals surface area contributed by atoms with Gasteiger partial charge in [0, 0.05) is 10.3 Å². The molecule has 0 bridgehead atoms. The van der Waals surface area contributed by atoms with Crippen LogP contribution in [-0.2, 0) is 12.8 Å². The van der Waals surface area contributed by atoms with Crippen molar-refractivity contribution in [2.45, 2.75) is 26.2 Å². The fourth-order valence-electron chi connectivity index (χ4n) is 2.26. The number of amides is 1. The highest BCUT2D eigenvalue weighted by Gasteiger charge is 2.23. The molecular weight excluding hydrogens is 266 g/mol. The molecule has 0 saturated carbocycles. The van der Waals surface area contributed by atoms with Crippen molar-refractivity contribution in [3.63, 3.8) is 0 Å². The summed E-state index contributed by atoms with van der Waals surface area (Å²) >= 11 is 3.04. The summed E-state index contributed by atoms with van der Waals surface area (Å²) in [5.74, 6) is 0.675. The molecule has 2 heterocycles. The molecule has 2 aromatic heterocycles. The number of nitrogens with one attached hydrogen (secondary N) is 1. The second-order valence-corrected chi connectivity index (χ2v) is 6.39. The predicted molar refractivity (Wildman–Crippen MR) is 73.4 cm³/mol. The molecule has 2 aromatic rings. The maximum absolute atomic E-state index is 12.2. The van der Waals surface area contributed by atoms with Gasteiger partial charge in [-0.15, -0.1) is 21.5 Å². The van der Waals surface area contributed by atoms with Crippen molar-refractivity contribution in [3.8, 4) is 0 Å². The molecule has 0 saturated heterocycles. The zero-order valence-corrected chi connectivity index (χ0v) is 11.6. The van der Waals surface area contributed by atoms with Gasteiger partial charge in [-0.2, -0.15) is 0 Å². The third-order valence-corrected chi connectivity index (χ3v) is 4.88. The largest absolute Gasteiger partial charge is 0.296 e. The lowest BCUT2D eigenvalue weighted by Gasteiger charge is -2.18. The van der Waals surface area contributed by atoms with Gasteiger partial charge in [-0.1, -0.05) is 18.3 Å². The summed E-state index contributed by atoms with van der Waals surface area (Å²) in [6, 6.07) is 0. The summed E-state index contributed by atoms with van der Waals surface area (Å²) in [5, 5.41) is 12.9. The molecule has 0 fully saturated rings. The average molecular weight is 279 g/mol. The van der Waals surface area contributed by atoms with E-state index in [4.69, 9.17) is 0 Å². The number of fused-ring (bicyclic) bond motifs is 1. The maximum atomic E-state index is 12.2. The van der Waals surface area contributed by atoms with Gasteiger partial charge in [-0.05, 0) is 30.7 Å². The van der Waals surface area contributed by atoms with Gasteiger partial charge in [0.15, 0.2) is 0 Å². The van der Waals surface area contributed by atoms with Crippen LogP contribution in [0.4, 0.5) is 5.13 Å². The van der Waals surface area contributed by atoms with Crippen LogP contribution in [0.5, 0.6) is 0 Å². The van der Waals surface area contributed by atoms with Crippen molar-refractivity contribution in [3.05, 3.63) is 26.9 Å². The molecule has 94 valence electrons.